The maximum Gasteiger partial charge on any atom is 0.248 e. The highest BCUT2D eigenvalue weighted by molar-refractivity contribution is 5.68. The third-order valence-corrected chi connectivity index (χ3v) is 4.08. The van der Waals surface area contributed by atoms with Crippen LogP contribution < -0.4 is 24.8 Å². The maximum atomic E-state index is 13.1. The number of halogens is 1. The van der Waals surface area contributed by atoms with Gasteiger partial charge in [-0.3, -0.25) is 0 Å². The molecular weight excluding hydrogens is 351 g/mol. The maximum absolute atomic E-state index is 13.1. The van der Waals surface area contributed by atoms with Crippen molar-refractivity contribution in [3.63, 3.8) is 0 Å². The van der Waals surface area contributed by atoms with E-state index in [2.05, 4.69) is 9.97 Å². The van der Waals surface area contributed by atoms with E-state index >= 15 is 0 Å². The Morgan fingerprint density at radius 1 is 1.11 bits per heavy atom. The molecule has 0 fully saturated rings. The molecule has 0 atom stereocenters. The molecule has 8 heteroatoms. The van der Waals surface area contributed by atoms with Crippen LogP contribution in [0.1, 0.15) is 5.56 Å². The Labute approximate surface area is 155 Å². The SMILES string of the molecule is CN(Cc1ccc(F)cc1)c1ncnc(Oc2ccc3c(c2)OCO3)c1N. The van der Waals surface area contributed by atoms with E-state index in [-0.39, 0.29) is 18.5 Å². The Balaban J connectivity index is 1.54. The molecule has 0 bridgehead atoms. The summed E-state index contributed by atoms with van der Waals surface area (Å²) in [4.78, 5) is 10.2. The van der Waals surface area contributed by atoms with Crippen molar-refractivity contribution < 1.29 is 18.6 Å². The topological polar surface area (TPSA) is 82.7 Å². The second-order valence-electron chi connectivity index (χ2n) is 6.02. The summed E-state index contributed by atoms with van der Waals surface area (Å²) in [5.74, 6) is 2.28. The van der Waals surface area contributed by atoms with E-state index in [1.165, 1.54) is 18.5 Å². The van der Waals surface area contributed by atoms with Crippen molar-refractivity contribution in [3.8, 4) is 23.1 Å². The average Bonchev–Trinajstić information content (AvgIpc) is 3.13. The molecule has 2 heterocycles. The molecule has 3 aromatic rings. The summed E-state index contributed by atoms with van der Waals surface area (Å²) in [5, 5.41) is 0. The summed E-state index contributed by atoms with van der Waals surface area (Å²) < 4.78 is 29.5. The molecule has 0 unspecified atom stereocenters. The van der Waals surface area contributed by atoms with E-state index in [4.69, 9.17) is 19.9 Å². The summed E-state index contributed by atoms with van der Waals surface area (Å²) in [5.41, 5.74) is 7.45. The minimum absolute atomic E-state index is 0.187. The molecule has 27 heavy (non-hydrogen) atoms. The van der Waals surface area contributed by atoms with E-state index < -0.39 is 0 Å². The number of nitrogens with two attached hydrogens (primary N) is 1. The van der Waals surface area contributed by atoms with Gasteiger partial charge in [-0.05, 0) is 29.8 Å². The zero-order chi connectivity index (χ0) is 18.8. The predicted molar refractivity (Wildman–Crippen MR) is 97.6 cm³/mol. The molecule has 0 spiro atoms. The Bertz CT molecular complexity index is 966. The van der Waals surface area contributed by atoms with Gasteiger partial charge >= 0.3 is 0 Å². The van der Waals surface area contributed by atoms with Crippen LogP contribution in [0.15, 0.2) is 48.8 Å². The first-order valence-corrected chi connectivity index (χ1v) is 8.24. The second-order valence-corrected chi connectivity index (χ2v) is 6.02. The van der Waals surface area contributed by atoms with Crippen LogP contribution in [0.5, 0.6) is 23.1 Å². The van der Waals surface area contributed by atoms with Crippen LogP contribution in [0.3, 0.4) is 0 Å². The monoisotopic (exact) mass is 368 g/mol. The van der Waals surface area contributed by atoms with Gasteiger partial charge in [0.15, 0.2) is 17.3 Å². The fourth-order valence-corrected chi connectivity index (χ4v) is 2.75. The molecule has 1 aromatic heterocycles. The van der Waals surface area contributed by atoms with E-state index in [0.29, 0.717) is 35.3 Å². The van der Waals surface area contributed by atoms with Crippen LogP contribution in [-0.4, -0.2) is 23.8 Å². The van der Waals surface area contributed by atoms with Crippen LogP contribution in [0.2, 0.25) is 0 Å². The van der Waals surface area contributed by atoms with Gasteiger partial charge in [-0.25, -0.2) is 9.37 Å². The lowest BCUT2D eigenvalue weighted by atomic mass is 10.2. The molecule has 0 saturated carbocycles. The van der Waals surface area contributed by atoms with Gasteiger partial charge in [0, 0.05) is 19.7 Å². The van der Waals surface area contributed by atoms with Gasteiger partial charge in [0.1, 0.15) is 23.6 Å². The van der Waals surface area contributed by atoms with Gasteiger partial charge in [-0.15, -0.1) is 0 Å². The highest BCUT2D eigenvalue weighted by Crippen LogP contribution is 2.38. The van der Waals surface area contributed by atoms with Gasteiger partial charge in [-0.2, -0.15) is 4.98 Å². The van der Waals surface area contributed by atoms with Crippen molar-refractivity contribution in [1.82, 2.24) is 9.97 Å². The van der Waals surface area contributed by atoms with Gasteiger partial charge in [0.25, 0.3) is 0 Å². The quantitative estimate of drug-likeness (QED) is 0.739. The number of rotatable bonds is 5. The average molecular weight is 368 g/mol. The van der Waals surface area contributed by atoms with E-state index in [1.54, 1.807) is 30.3 Å². The number of anilines is 2. The lowest BCUT2D eigenvalue weighted by molar-refractivity contribution is 0.174. The Morgan fingerprint density at radius 2 is 1.89 bits per heavy atom. The smallest absolute Gasteiger partial charge is 0.248 e. The van der Waals surface area contributed by atoms with Crippen molar-refractivity contribution >= 4 is 11.5 Å². The number of benzene rings is 2. The first-order valence-electron chi connectivity index (χ1n) is 8.24. The number of fused-ring (bicyclic) bond motifs is 1. The summed E-state index contributed by atoms with van der Waals surface area (Å²) in [6.07, 6.45) is 1.38. The van der Waals surface area contributed by atoms with E-state index in [1.807, 2.05) is 11.9 Å². The fraction of sp³-hybridized carbons (Fsp3) is 0.158. The number of nitrogen functional groups attached to an aromatic ring is 1. The van der Waals surface area contributed by atoms with Crippen molar-refractivity contribution in [2.45, 2.75) is 6.54 Å². The summed E-state index contributed by atoms with van der Waals surface area (Å²) in [6.45, 7) is 0.692. The molecule has 1 aliphatic rings. The minimum Gasteiger partial charge on any atom is -0.454 e. The minimum atomic E-state index is -0.276. The van der Waals surface area contributed by atoms with Crippen LogP contribution in [0.25, 0.3) is 0 Å². The Hall–Kier alpha value is -3.55. The number of hydrogen-bond donors (Lipinski definition) is 1. The lowest BCUT2D eigenvalue weighted by Gasteiger charge is -2.20. The van der Waals surface area contributed by atoms with Crippen LogP contribution in [0.4, 0.5) is 15.9 Å². The first-order chi connectivity index (χ1) is 13.1. The largest absolute Gasteiger partial charge is 0.454 e. The molecule has 0 saturated heterocycles. The van der Waals surface area contributed by atoms with Gasteiger partial charge in [0.2, 0.25) is 12.7 Å². The van der Waals surface area contributed by atoms with Crippen molar-refractivity contribution in [2.24, 2.45) is 0 Å². The number of hydrogen-bond acceptors (Lipinski definition) is 7. The zero-order valence-electron chi connectivity index (χ0n) is 14.6. The third-order valence-electron chi connectivity index (χ3n) is 4.08. The summed E-state index contributed by atoms with van der Waals surface area (Å²) in [6, 6.07) is 11.5. The number of ether oxygens (including phenoxy) is 3. The fourth-order valence-electron chi connectivity index (χ4n) is 2.75. The van der Waals surface area contributed by atoms with Crippen LogP contribution >= 0.6 is 0 Å². The normalized spacial score (nSPS) is 12.1. The Kier molecular flexibility index (Phi) is 4.37. The number of nitrogens with zero attached hydrogens (tertiary/aromatic N) is 3. The molecule has 1 aliphatic heterocycles. The van der Waals surface area contributed by atoms with Gasteiger partial charge in [0.05, 0.1) is 0 Å². The highest BCUT2D eigenvalue weighted by Gasteiger charge is 2.17. The van der Waals surface area contributed by atoms with Crippen LogP contribution in [-0.2, 0) is 6.54 Å². The molecule has 2 N–H and O–H groups in total. The van der Waals surface area contributed by atoms with E-state index in [9.17, 15) is 4.39 Å². The molecule has 7 nitrogen and oxygen atoms in total. The lowest BCUT2D eigenvalue weighted by Crippen LogP contribution is -2.19. The molecule has 138 valence electrons. The highest BCUT2D eigenvalue weighted by atomic mass is 19.1. The second kappa shape index (κ2) is 6.99. The van der Waals surface area contributed by atoms with Crippen molar-refractivity contribution in [3.05, 3.63) is 60.2 Å². The molecule has 0 amide bonds. The van der Waals surface area contributed by atoms with Gasteiger partial charge in [-0.1, -0.05) is 12.1 Å². The van der Waals surface area contributed by atoms with Gasteiger partial charge < -0.3 is 24.8 Å². The standard InChI is InChI=1S/C19H17FN4O3/c1-24(9-12-2-4-13(20)5-3-12)18-17(21)19(23-10-22-18)27-14-6-7-15-16(8-14)26-11-25-15/h2-8,10H,9,11,21H2,1H3. The first kappa shape index (κ1) is 16.9. The molecular formula is C19H17FN4O3. The summed E-state index contributed by atoms with van der Waals surface area (Å²) in [7, 11) is 1.84. The zero-order valence-corrected chi connectivity index (χ0v) is 14.6. The third kappa shape index (κ3) is 3.55. The molecule has 0 aliphatic carbocycles. The molecule has 0 radical (unpaired) electrons. The van der Waals surface area contributed by atoms with E-state index in [0.717, 1.165) is 5.56 Å². The van der Waals surface area contributed by atoms with Crippen LogP contribution in [0, 0.1) is 5.82 Å². The Morgan fingerprint density at radius 3 is 2.70 bits per heavy atom. The molecule has 2 aromatic carbocycles. The van der Waals surface area contributed by atoms with Crippen molar-refractivity contribution in [1.29, 1.82) is 0 Å². The summed E-state index contributed by atoms with van der Waals surface area (Å²) >= 11 is 0. The number of aromatic nitrogens is 2. The van der Waals surface area contributed by atoms with Crippen molar-refractivity contribution in [2.75, 3.05) is 24.5 Å². The predicted octanol–water partition coefficient (Wildman–Crippen LogP) is 3.36. The molecule has 4 rings (SSSR count).